The van der Waals surface area contributed by atoms with Crippen LogP contribution >= 0.6 is 0 Å². The normalized spacial score (nSPS) is 23.8. The lowest BCUT2D eigenvalue weighted by Gasteiger charge is -2.34. The lowest BCUT2D eigenvalue weighted by atomic mass is 10.0. The fourth-order valence-electron chi connectivity index (χ4n) is 5.20. The van der Waals surface area contributed by atoms with Crippen LogP contribution in [0.4, 0.5) is 0 Å². The third kappa shape index (κ3) is 4.73. The number of benzene rings is 1. The summed E-state index contributed by atoms with van der Waals surface area (Å²) in [5.41, 5.74) is 2.12. The molecule has 1 aliphatic heterocycles. The maximum absolute atomic E-state index is 13.0. The third-order valence-electron chi connectivity index (χ3n) is 7.13. The SMILES string of the molecule is CC(C)N1CCC(NS(=O)(=O)c2ccc3c(c2)[C@@H](NC(=O)C2CCCC2)CC3)CC1. The molecule has 2 aliphatic carbocycles. The molecule has 1 heterocycles. The van der Waals surface area contributed by atoms with E-state index in [1.165, 1.54) is 0 Å². The quantitative estimate of drug-likeness (QED) is 0.722. The van der Waals surface area contributed by atoms with Gasteiger partial charge in [0.15, 0.2) is 0 Å². The molecule has 0 radical (unpaired) electrons. The molecule has 4 rings (SSSR count). The molecule has 3 aliphatic rings. The molecule has 2 N–H and O–H groups in total. The number of sulfonamides is 1. The predicted molar refractivity (Wildman–Crippen MR) is 118 cm³/mol. The second-order valence-electron chi connectivity index (χ2n) is 9.47. The molecule has 6 nitrogen and oxygen atoms in total. The van der Waals surface area contributed by atoms with E-state index < -0.39 is 10.0 Å². The summed E-state index contributed by atoms with van der Waals surface area (Å²) in [4.78, 5) is 15.3. The number of carbonyl (C=O) groups excluding carboxylic acids is 1. The third-order valence-corrected chi connectivity index (χ3v) is 8.65. The summed E-state index contributed by atoms with van der Waals surface area (Å²) in [5.74, 6) is 0.257. The van der Waals surface area contributed by atoms with Crippen molar-refractivity contribution in [3.8, 4) is 0 Å². The average Bonchev–Trinajstić information content (AvgIpc) is 3.38. The first-order valence-corrected chi connectivity index (χ1v) is 13.0. The number of piperidine rings is 1. The van der Waals surface area contributed by atoms with Gasteiger partial charge < -0.3 is 10.2 Å². The summed E-state index contributed by atoms with van der Waals surface area (Å²) in [6.07, 6.45) is 7.60. The van der Waals surface area contributed by atoms with Crippen molar-refractivity contribution in [2.75, 3.05) is 13.1 Å². The van der Waals surface area contributed by atoms with E-state index in [1.54, 1.807) is 12.1 Å². The first-order chi connectivity index (χ1) is 14.3. The second kappa shape index (κ2) is 8.97. The number of nitrogens with zero attached hydrogens (tertiary/aromatic N) is 1. The highest BCUT2D eigenvalue weighted by Gasteiger charge is 2.31. The minimum absolute atomic E-state index is 0.0175. The molecule has 2 fully saturated rings. The number of hydrogen-bond donors (Lipinski definition) is 2. The van der Waals surface area contributed by atoms with Gasteiger partial charge in [0.05, 0.1) is 10.9 Å². The van der Waals surface area contributed by atoms with Crippen LogP contribution in [0.3, 0.4) is 0 Å². The molecule has 1 aromatic carbocycles. The molecule has 0 spiro atoms. The van der Waals surface area contributed by atoms with Gasteiger partial charge in [-0.3, -0.25) is 4.79 Å². The number of likely N-dealkylation sites (tertiary alicyclic amines) is 1. The summed E-state index contributed by atoms with van der Waals surface area (Å²) in [6.45, 7) is 6.20. The topological polar surface area (TPSA) is 78.5 Å². The van der Waals surface area contributed by atoms with Gasteiger partial charge in [0.2, 0.25) is 15.9 Å². The Morgan fingerprint density at radius 1 is 1.07 bits per heavy atom. The van der Waals surface area contributed by atoms with E-state index in [-0.39, 0.29) is 23.9 Å². The van der Waals surface area contributed by atoms with Crippen molar-refractivity contribution in [2.24, 2.45) is 5.92 Å². The smallest absolute Gasteiger partial charge is 0.240 e. The fraction of sp³-hybridized carbons (Fsp3) is 0.696. The number of carbonyl (C=O) groups is 1. The molecule has 1 saturated heterocycles. The van der Waals surface area contributed by atoms with Crippen molar-refractivity contribution in [3.05, 3.63) is 29.3 Å². The Morgan fingerprint density at radius 2 is 1.77 bits per heavy atom. The van der Waals surface area contributed by atoms with Crippen molar-refractivity contribution in [1.29, 1.82) is 0 Å². The highest BCUT2D eigenvalue weighted by Crippen LogP contribution is 2.34. The van der Waals surface area contributed by atoms with E-state index in [1.807, 2.05) is 6.07 Å². The molecular formula is C23H35N3O3S. The Morgan fingerprint density at radius 3 is 2.43 bits per heavy atom. The second-order valence-corrected chi connectivity index (χ2v) is 11.2. The van der Waals surface area contributed by atoms with Crippen molar-refractivity contribution < 1.29 is 13.2 Å². The summed E-state index contributed by atoms with van der Waals surface area (Å²) < 4.78 is 29.0. The minimum atomic E-state index is -3.57. The lowest BCUT2D eigenvalue weighted by Crippen LogP contribution is -2.46. The Kier molecular flexibility index (Phi) is 6.51. The van der Waals surface area contributed by atoms with E-state index in [0.29, 0.717) is 10.9 Å². The zero-order chi connectivity index (χ0) is 21.3. The Bertz CT molecular complexity index is 870. The Labute approximate surface area is 180 Å². The molecule has 1 aromatic rings. The Hall–Kier alpha value is -1.44. The highest BCUT2D eigenvalue weighted by atomic mass is 32.2. The first-order valence-electron chi connectivity index (χ1n) is 11.5. The van der Waals surface area contributed by atoms with Crippen LogP contribution in [0.15, 0.2) is 23.1 Å². The van der Waals surface area contributed by atoms with Gasteiger partial charge in [0.1, 0.15) is 0 Å². The average molecular weight is 434 g/mol. The van der Waals surface area contributed by atoms with E-state index in [0.717, 1.165) is 75.6 Å². The van der Waals surface area contributed by atoms with Crippen LogP contribution in [0.2, 0.25) is 0 Å². The van der Waals surface area contributed by atoms with E-state index >= 15 is 0 Å². The van der Waals surface area contributed by atoms with Crippen LogP contribution in [0, 0.1) is 5.92 Å². The van der Waals surface area contributed by atoms with Gasteiger partial charge in [-0.05, 0) is 88.7 Å². The van der Waals surface area contributed by atoms with Crippen LogP contribution in [0.25, 0.3) is 0 Å². The first kappa shape index (κ1) is 21.8. The van der Waals surface area contributed by atoms with Crippen LogP contribution in [0.5, 0.6) is 0 Å². The van der Waals surface area contributed by atoms with Gasteiger partial charge in [0.25, 0.3) is 0 Å². The molecule has 1 atom stereocenters. The molecule has 1 amide bonds. The lowest BCUT2D eigenvalue weighted by molar-refractivity contribution is -0.125. The predicted octanol–water partition coefficient (Wildman–Crippen LogP) is 3.13. The van der Waals surface area contributed by atoms with Crippen molar-refractivity contribution in [3.63, 3.8) is 0 Å². The maximum atomic E-state index is 13.0. The van der Waals surface area contributed by atoms with Crippen LogP contribution in [-0.4, -0.2) is 44.4 Å². The number of amides is 1. The molecule has 1 saturated carbocycles. The van der Waals surface area contributed by atoms with E-state index in [2.05, 4.69) is 28.8 Å². The molecule has 30 heavy (non-hydrogen) atoms. The van der Waals surface area contributed by atoms with Gasteiger partial charge in [0, 0.05) is 18.0 Å². The zero-order valence-corrected chi connectivity index (χ0v) is 19.0. The molecule has 0 aromatic heterocycles. The van der Waals surface area contributed by atoms with E-state index in [9.17, 15) is 13.2 Å². The standard InChI is InChI=1S/C23H35N3O3S/c1-16(2)26-13-11-19(12-14-26)25-30(28,29)20-9-7-17-8-10-22(21(17)15-20)24-23(27)18-5-3-4-6-18/h7,9,15-16,18-19,22,25H,3-6,8,10-14H2,1-2H3,(H,24,27)/t22-/m0/s1. The largest absolute Gasteiger partial charge is 0.349 e. The van der Waals surface area contributed by atoms with Crippen LogP contribution < -0.4 is 10.0 Å². The maximum Gasteiger partial charge on any atom is 0.240 e. The summed E-state index contributed by atoms with van der Waals surface area (Å²) in [7, 11) is -3.57. The van der Waals surface area contributed by atoms with Gasteiger partial charge in [-0.25, -0.2) is 13.1 Å². The van der Waals surface area contributed by atoms with Crippen LogP contribution in [0.1, 0.15) is 76.0 Å². The monoisotopic (exact) mass is 433 g/mol. The number of nitrogens with one attached hydrogen (secondary N) is 2. The summed E-state index contributed by atoms with van der Waals surface area (Å²) >= 11 is 0. The number of aryl methyl sites for hydroxylation is 1. The van der Waals surface area contributed by atoms with Crippen molar-refractivity contribution >= 4 is 15.9 Å². The van der Waals surface area contributed by atoms with Gasteiger partial charge in [-0.15, -0.1) is 0 Å². The summed E-state index contributed by atoms with van der Waals surface area (Å²) in [6, 6.07) is 5.83. The highest BCUT2D eigenvalue weighted by molar-refractivity contribution is 7.89. The van der Waals surface area contributed by atoms with Crippen molar-refractivity contribution in [2.45, 2.75) is 88.2 Å². The minimum Gasteiger partial charge on any atom is -0.349 e. The molecule has 0 bridgehead atoms. The van der Waals surface area contributed by atoms with Gasteiger partial charge >= 0.3 is 0 Å². The Balaban J connectivity index is 1.43. The van der Waals surface area contributed by atoms with Gasteiger partial charge in [-0.2, -0.15) is 0 Å². The summed E-state index contributed by atoms with van der Waals surface area (Å²) in [5, 5.41) is 3.19. The zero-order valence-electron chi connectivity index (χ0n) is 18.2. The molecule has 166 valence electrons. The fourth-order valence-corrected chi connectivity index (χ4v) is 6.54. The number of rotatable bonds is 6. The van der Waals surface area contributed by atoms with Gasteiger partial charge in [-0.1, -0.05) is 18.9 Å². The van der Waals surface area contributed by atoms with Crippen LogP contribution in [-0.2, 0) is 21.2 Å². The molecule has 7 heteroatoms. The van der Waals surface area contributed by atoms with E-state index in [4.69, 9.17) is 0 Å². The number of fused-ring (bicyclic) bond motifs is 1. The number of hydrogen-bond acceptors (Lipinski definition) is 4. The molecular weight excluding hydrogens is 398 g/mol. The molecule has 0 unspecified atom stereocenters. The van der Waals surface area contributed by atoms with Crippen molar-refractivity contribution in [1.82, 2.24) is 14.9 Å².